The lowest BCUT2D eigenvalue weighted by molar-refractivity contribution is 0.361. The number of hydrogen-bond acceptors (Lipinski definition) is 2. The number of rotatable bonds is 2. The van der Waals surface area contributed by atoms with Crippen LogP contribution < -0.4 is 5.32 Å². The van der Waals surface area contributed by atoms with Gasteiger partial charge in [-0.15, -0.1) is 0 Å². The van der Waals surface area contributed by atoms with E-state index in [1.54, 1.807) is 0 Å². The molecule has 1 aliphatic rings. The lowest BCUT2D eigenvalue weighted by Gasteiger charge is -2.27. The van der Waals surface area contributed by atoms with Crippen molar-refractivity contribution in [2.45, 2.75) is 38.6 Å². The molecule has 18 heavy (non-hydrogen) atoms. The van der Waals surface area contributed by atoms with Crippen molar-refractivity contribution in [3.05, 3.63) is 36.5 Å². The zero-order valence-electron chi connectivity index (χ0n) is 10.9. The predicted octanol–water partition coefficient (Wildman–Crippen LogP) is 4.23. The summed E-state index contributed by atoms with van der Waals surface area (Å²) in [4.78, 5) is 4.51. The van der Waals surface area contributed by atoms with E-state index in [2.05, 4.69) is 47.6 Å². The maximum atomic E-state index is 4.51. The first-order chi connectivity index (χ1) is 8.81. The Morgan fingerprint density at radius 1 is 1.06 bits per heavy atom. The molecule has 0 radical (unpaired) electrons. The summed E-state index contributed by atoms with van der Waals surface area (Å²) < 4.78 is 0. The van der Waals surface area contributed by atoms with E-state index < -0.39 is 0 Å². The fraction of sp³-hybridized carbons (Fsp3) is 0.438. The Hall–Kier alpha value is -1.57. The van der Waals surface area contributed by atoms with E-state index in [9.17, 15) is 0 Å². The van der Waals surface area contributed by atoms with Crippen LogP contribution in [0, 0.1) is 5.92 Å². The van der Waals surface area contributed by atoms with Gasteiger partial charge in [-0.05, 0) is 43.1 Å². The molecule has 1 heterocycles. The molecule has 94 valence electrons. The number of nitrogens with zero attached hydrogens (tertiary/aromatic N) is 1. The third-order valence-electron chi connectivity index (χ3n) is 4.00. The topological polar surface area (TPSA) is 24.9 Å². The summed E-state index contributed by atoms with van der Waals surface area (Å²) in [5.41, 5.74) is 0. The van der Waals surface area contributed by atoms with E-state index in [0.717, 1.165) is 11.7 Å². The lowest BCUT2D eigenvalue weighted by Crippen LogP contribution is -2.25. The number of nitrogens with one attached hydrogen (secondary N) is 1. The molecule has 2 heteroatoms. The highest BCUT2D eigenvalue weighted by molar-refractivity contribution is 5.83. The van der Waals surface area contributed by atoms with Gasteiger partial charge in [0, 0.05) is 17.6 Å². The van der Waals surface area contributed by atoms with Crippen molar-refractivity contribution < 1.29 is 0 Å². The summed E-state index contributed by atoms with van der Waals surface area (Å²) in [7, 11) is 0. The fourth-order valence-electron chi connectivity index (χ4n) is 2.78. The first-order valence-electron chi connectivity index (χ1n) is 6.92. The third kappa shape index (κ3) is 2.47. The van der Waals surface area contributed by atoms with Crippen molar-refractivity contribution in [3.63, 3.8) is 0 Å². The van der Waals surface area contributed by atoms with Crippen LogP contribution in [0.2, 0.25) is 0 Å². The van der Waals surface area contributed by atoms with Crippen molar-refractivity contribution in [3.8, 4) is 0 Å². The average molecular weight is 240 g/mol. The fourth-order valence-corrected chi connectivity index (χ4v) is 2.78. The smallest absolute Gasteiger partial charge is 0.126 e. The number of fused-ring (bicyclic) bond motifs is 1. The zero-order chi connectivity index (χ0) is 12.4. The van der Waals surface area contributed by atoms with Crippen LogP contribution in [0.15, 0.2) is 36.5 Å². The van der Waals surface area contributed by atoms with Crippen molar-refractivity contribution in [1.82, 2.24) is 4.98 Å². The van der Waals surface area contributed by atoms with Crippen molar-refractivity contribution in [2.75, 3.05) is 5.32 Å². The second-order valence-corrected chi connectivity index (χ2v) is 5.52. The molecule has 0 bridgehead atoms. The molecule has 1 aliphatic carbocycles. The van der Waals surface area contributed by atoms with Crippen LogP contribution in [-0.2, 0) is 0 Å². The Balaban J connectivity index is 1.74. The van der Waals surface area contributed by atoms with Crippen LogP contribution in [-0.4, -0.2) is 11.0 Å². The minimum Gasteiger partial charge on any atom is -0.367 e. The summed E-state index contributed by atoms with van der Waals surface area (Å²) in [5, 5.41) is 6.05. The molecule has 2 aromatic rings. The molecule has 0 unspecified atom stereocenters. The van der Waals surface area contributed by atoms with Crippen molar-refractivity contribution in [2.24, 2.45) is 5.92 Å². The van der Waals surface area contributed by atoms with Crippen LogP contribution in [0.4, 0.5) is 5.82 Å². The molecule has 0 amide bonds. The number of aromatic nitrogens is 1. The van der Waals surface area contributed by atoms with Gasteiger partial charge in [-0.3, -0.25) is 0 Å². The van der Waals surface area contributed by atoms with Gasteiger partial charge in [0.05, 0.1) is 0 Å². The number of anilines is 1. The SMILES string of the molecule is C[C@H]1CC[C@@H](Nc2cc3ccccc3cn2)CC1. The van der Waals surface area contributed by atoms with Crippen LogP contribution in [0.5, 0.6) is 0 Å². The highest BCUT2D eigenvalue weighted by atomic mass is 15.0. The van der Waals surface area contributed by atoms with Gasteiger partial charge in [0.1, 0.15) is 5.82 Å². The van der Waals surface area contributed by atoms with Gasteiger partial charge in [0.15, 0.2) is 0 Å². The summed E-state index contributed by atoms with van der Waals surface area (Å²) in [6.07, 6.45) is 7.19. The molecule has 0 spiro atoms. The summed E-state index contributed by atoms with van der Waals surface area (Å²) in [6, 6.07) is 11.1. The maximum Gasteiger partial charge on any atom is 0.126 e. The first-order valence-corrected chi connectivity index (χ1v) is 6.92. The van der Waals surface area contributed by atoms with Crippen molar-refractivity contribution >= 4 is 16.6 Å². The second kappa shape index (κ2) is 4.97. The first kappa shape index (κ1) is 11.5. The highest BCUT2D eigenvalue weighted by Gasteiger charge is 2.18. The van der Waals surface area contributed by atoms with Gasteiger partial charge in [-0.2, -0.15) is 0 Å². The van der Waals surface area contributed by atoms with Crippen LogP contribution in [0.1, 0.15) is 32.6 Å². The van der Waals surface area contributed by atoms with Gasteiger partial charge < -0.3 is 5.32 Å². The largest absolute Gasteiger partial charge is 0.367 e. The Bertz CT molecular complexity index is 527. The van der Waals surface area contributed by atoms with Gasteiger partial charge in [0.25, 0.3) is 0 Å². The minimum atomic E-state index is 0.606. The summed E-state index contributed by atoms with van der Waals surface area (Å²) in [6.45, 7) is 2.35. The molecule has 0 atom stereocenters. The normalized spacial score (nSPS) is 24.1. The minimum absolute atomic E-state index is 0.606. The Kier molecular flexibility index (Phi) is 3.18. The number of hydrogen-bond donors (Lipinski definition) is 1. The van der Waals surface area contributed by atoms with Gasteiger partial charge in [0.2, 0.25) is 0 Å². The average Bonchev–Trinajstić information content (AvgIpc) is 2.41. The molecule has 2 nitrogen and oxygen atoms in total. The van der Waals surface area contributed by atoms with E-state index in [1.807, 2.05) is 6.20 Å². The molecule has 1 N–H and O–H groups in total. The van der Waals surface area contributed by atoms with Gasteiger partial charge >= 0.3 is 0 Å². The number of benzene rings is 1. The van der Waals surface area contributed by atoms with E-state index >= 15 is 0 Å². The molecule has 1 saturated carbocycles. The quantitative estimate of drug-likeness (QED) is 0.850. The van der Waals surface area contributed by atoms with Gasteiger partial charge in [-0.1, -0.05) is 31.2 Å². The Morgan fingerprint density at radius 2 is 1.78 bits per heavy atom. The van der Waals surface area contributed by atoms with Crippen LogP contribution in [0.3, 0.4) is 0 Å². The van der Waals surface area contributed by atoms with Crippen LogP contribution >= 0.6 is 0 Å². The lowest BCUT2D eigenvalue weighted by atomic mass is 9.87. The zero-order valence-corrected chi connectivity index (χ0v) is 10.9. The third-order valence-corrected chi connectivity index (χ3v) is 4.00. The maximum absolute atomic E-state index is 4.51. The van der Waals surface area contributed by atoms with Crippen molar-refractivity contribution in [1.29, 1.82) is 0 Å². The van der Waals surface area contributed by atoms with E-state index in [-0.39, 0.29) is 0 Å². The van der Waals surface area contributed by atoms with E-state index in [1.165, 1.54) is 36.5 Å². The van der Waals surface area contributed by atoms with E-state index in [0.29, 0.717) is 6.04 Å². The summed E-state index contributed by atoms with van der Waals surface area (Å²) >= 11 is 0. The van der Waals surface area contributed by atoms with E-state index in [4.69, 9.17) is 0 Å². The molecule has 3 rings (SSSR count). The molecule has 0 saturated heterocycles. The Morgan fingerprint density at radius 3 is 2.56 bits per heavy atom. The monoisotopic (exact) mass is 240 g/mol. The molecular formula is C16H20N2. The highest BCUT2D eigenvalue weighted by Crippen LogP contribution is 2.26. The van der Waals surface area contributed by atoms with Gasteiger partial charge in [-0.25, -0.2) is 4.98 Å². The predicted molar refractivity (Wildman–Crippen MR) is 76.8 cm³/mol. The standard InChI is InChI=1S/C16H20N2/c1-12-6-8-15(9-7-12)18-16-10-13-4-2-3-5-14(13)11-17-16/h2-5,10-12,15H,6-9H2,1H3,(H,17,18)/t12-,15+. The second-order valence-electron chi connectivity index (χ2n) is 5.52. The molecule has 1 aromatic carbocycles. The van der Waals surface area contributed by atoms with Crippen LogP contribution in [0.25, 0.3) is 10.8 Å². The molecule has 1 fully saturated rings. The molecule has 0 aliphatic heterocycles. The summed E-state index contributed by atoms with van der Waals surface area (Å²) in [5.74, 6) is 1.92. The Labute approximate surface area is 108 Å². The molecular weight excluding hydrogens is 220 g/mol. The number of pyridine rings is 1. The molecule has 1 aromatic heterocycles.